The monoisotopic (exact) mass is 351 g/mol. The molecule has 5 nitrogen and oxygen atoms in total. The van der Waals surface area contributed by atoms with Gasteiger partial charge in [-0.2, -0.15) is 0 Å². The summed E-state index contributed by atoms with van der Waals surface area (Å²) in [5, 5.41) is 0. The van der Waals surface area contributed by atoms with Crippen LogP contribution in [0.25, 0.3) is 0 Å². The number of anilines is 1. The Hall–Kier alpha value is -2.56. The van der Waals surface area contributed by atoms with Crippen molar-refractivity contribution >= 4 is 11.6 Å². The minimum absolute atomic E-state index is 0.120. The Morgan fingerprint density at radius 1 is 1.08 bits per heavy atom. The van der Waals surface area contributed by atoms with Crippen molar-refractivity contribution in [1.29, 1.82) is 0 Å². The molecule has 0 radical (unpaired) electrons. The second-order valence-corrected chi connectivity index (χ2v) is 7.34. The summed E-state index contributed by atoms with van der Waals surface area (Å²) >= 11 is 0. The van der Waals surface area contributed by atoms with E-state index in [0.29, 0.717) is 0 Å². The highest BCUT2D eigenvalue weighted by Crippen LogP contribution is 2.30. The molecule has 0 saturated carbocycles. The number of hydrogen-bond donors (Lipinski definition) is 0. The zero-order valence-corrected chi connectivity index (χ0v) is 15.7. The third kappa shape index (κ3) is 3.26. The summed E-state index contributed by atoms with van der Waals surface area (Å²) in [5.41, 5.74) is 5.18. The Balaban J connectivity index is 1.43. The molecule has 1 atom stereocenters. The fourth-order valence-corrected chi connectivity index (χ4v) is 3.90. The van der Waals surface area contributed by atoms with Crippen LogP contribution >= 0.6 is 0 Å². The van der Waals surface area contributed by atoms with Crippen LogP contribution in [-0.2, 0) is 6.42 Å². The number of piperazine rings is 1. The van der Waals surface area contributed by atoms with Gasteiger partial charge in [0.2, 0.25) is 0 Å². The van der Waals surface area contributed by atoms with E-state index in [9.17, 15) is 4.79 Å². The molecule has 0 N–H and O–H groups in total. The maximum Gasteiger partial charge on any atom is 0.253 e. The largest absolute Gasteiger partial charge is 0.490 e. The van der Waals surface area contributed by atoms with Crippen LogP contribution in [0.2, 0.25) is 0 Å². The van der Waals surface area contributed by atoms with Gasteiger partial charge in [-0.15, -0.1) is 0 Å². The molecule has 1 fully saturated rings. The molecule has 1 aromatic heterocycles. The molecule has 1 saturated heterocycles. The van der Waals surface area contributed by atoms with E-state index in [1.165, 1.54) is 5.69 Å². The predicted molar refractivity (Wildman–Crippen MR) is 102 cm³/mol. The van der Waals surface area contributed by atoms with Gasteiger partial charge in [-0.1, -0.05) is 0 Å². The molecule has 136 valence electrons. The molecule has 0 spiro atoms. The highest BCUT2D eigenvalue weighted by atomic mass is 16.5. The number of hydrogen-bond acceptors (Lipinski definition) is 4. The highest BCUT2D eigenvalue weighted by molar-refractivity contribution is 5.94. The summed E-state index contributed by atoms with van der Waals surface area (Å²) in [4.78, 5) is 21.6. The lowest BCUT2D eigenvalue weighted by Crippen LogP contribution is -2.48. The van der Waals surface area contributed by atoms with E-state index in [4.69, 9.17) is 4.74 Å². The van der Waals surface area contributed by atoms with Gasteiger partial charge in [-0.3, -0.25) is 9.78 Å². The van der Waals surface area contributed by atoms with Gasteiger partial charge in [-0.05, 0) is 56.7 Å². The molecule has 3 heterocycles. The number of nitrogens with zero attached hydrogens (tertiary/aromatic N) is 3. The zero-order chi connectivity index (χ0) is 18.3. The van der Waals surface area contributed by atoms with Crippen LogP contribution in [0.3, 0.4) is 0 Å². The summed E-state index contributed by atoms with van der Waals surface area (Å²) in [5.74, 6) is 1.04. The first kappa shape index (κ1) is 16.9. The zero-order valence-electron chi connectivity index (χ0n) is 15.7. The number of carbonyl (C=O) groups excluding carboxylic acids is 1. The fraction of sp³-hybridized carbons (Fsp3) is 0.429. The topological polar surface area (TPSA) is 45.7 Å². The van der Waals surface area contributed by atoms with Crippen molar-refractivity contribution < 1.29 is 9.53 Å². The highest BCUT2D eigenvalue weighted by Gasteiger charge is 2.25. The van der Waals surface area contributed by atoms with E-state index >= 15 is 0 Å². The van der Waals surface area contributed by atoms with Crippen molar-refractivity contribution in [3.05, 3.63) is 52.8 Å². The van der Waals surface area contributed by atoms with Gasteiger partial charge in [0.25, 0.3) is 5.91 Å². The van der Waals surface area contributed by atoms with Crippen LogP contribution in [0.1, 0.15) is 34.2 Å². The van der Waals surface area contributed by atoms with Crippen LogP contribution in [0, 0.1) is 13.8 Å². The summed E-state index contributed by atoms with van der Waals surface area (Å²) in [6.45, 7) is 9.28. The van der Waals surface area contributed by atoms with Crippen molar-refractivity contribution in [3.8, 4) is 5.75 Å². The smallest absolute Gasteiger partial charge is 0.253 e. The van der Waals surface area contributed by atoms with Gasteiger partial charge < -0.3 is 14.5 Å². The third-order valence-electron chi connectivity index (χ3n) is 5.14. The fourth-order valence-electron chi connectivity index (χ4n) is 3.90. The Labute approximate surface area is 154 Å². The standard InChI is InChI=1S/C21H25N3O2/c1-14-10-19(11-15(2)22-14)23-6-8-24(9-7-23)21(25)17-4-5-20-18(13-17)12-16(3)26-20/h4-5,10-11,13,16H,6-9,12H2,1-3H3. The number of aryl methyl sites for hydroxylation is 2. The summed E-state index contributed by atoms with van der Waals surface area (Å²) in [6, 6.07) is 10.1. The van der Waals surface area contributed by atoms with Gasteiger partial charge in [0, 0.05) is 55.2 Å². The molecule has 2 aliphatic rings. The van der Waals surface area contributed by atoms with Crippen molar-refractivity contribution in [2.75, 3.05) is 31.1 Å². The van der Waals surface area contributed by atoms with Crippen molar-refractivity contribution in [2.45, 2.75) is 33.3 Å². The molecule has 2 aliphatic heterocycles. The van der Waals surface area contributed by atoms with Gasteiger partial charge in [0.05, 0.1) is 0 Å². The number of ether oxygens (including phenoxy) is 1. The summed E-state index contributed by atoms with van der Waals surface area (Å²) in [6.07, 6.45) is 1.08. The molecule has 1 aromatic carbocycles. The van der Waals surface area contributed by atoms with Gasteiger partial charge >= 0.3 is 0 Å². The van der Waals surface area contributed by atoms with Crippen LogP contribution < -0.4 is 9.64 Å². The SMILES string of the molecule is Cc1cc(N2CCN(C(=O)c3ccc4c(c3)CC(C)O4)CC2)cc(C)n1. The summed E-state index contributed by atoms with van der Waals surface area (Å²) in [7, 11) is 0. The molecule has 5 heteroatoms. The molecule has 1 unspecified atom stereocenters. The average Bonchev–Trinajstić information content (AvgIpc) is 2.99. The van der Waals surface area contributed by atoms with Crippen molar-refractivity contribution in [3.63, 3.8) is 0 Å². The number of amides is 1. The van der Waals surface area contributed by atoms with Gasteiger partial charge in [-0.25, -0.2) is 0 Å². The van der Waals surface area contributed by atoms with Crippen molar-refractivity contribution in [1.82, 2.24) is 9.88 Å². The van der Waals surface area contributed by atoms with E-state index in [-0.39, 0.29) is 12.0 Å². The quantitative estimate of drug-likeness (QED) is 0.834. The number of carbonyl (C=O) groups is 1. The third-order valence-corrected chi connectivity index (χ3v) is 5.14. The minimum atomic E-state index is 0.120. The van der Waals surface area contributed by atoms with Gasteiger partial charge in [0.1, 0.15) is 11.9 Å². The van der Waals surface area contributed by atoms with E-state index in [0.717, 1.165) is 60.9 Å². The maximum atomic E-state index is 12.9. The molecule has 0 aliphatic carbocycles. The first-order chi connectivity index (χ1) is 12.5. The van der Waals surface area contributed by atoms with Crippen LogP contribution in [0.5, 0.6) is 5.75 Å². The molecular weight excluding hydrogens is 326 g/mol. The van der Waals surface area contributed by atoms with Gasteiger partial charge in [0.15, 0.2) is 0 Å². The first-order valence-corrected chi connectivity index (χ1v) is 9.29. The molecule has 4 rings (SSSR count). The van der Waals surface area contributed by atoms with Crippen LogP contribution in [0.4, 0.5) is 5.69 Å². The number of rotatable bonds is 2. The Kier molecular flexibility index (Phi) is 4.31. The molecule has 2 aromatic rings. The van der Waals surface area contributed by atoms with Crippen LogP contribution in [0.15, 0.2) is 30.3 Å². The molecule has 26 heavy (non-hydrogen) atoms. The number of fused-ring (bicyclic) bond motifs is 1. The predicted octanol–water partition coefficient (Wildman–Crippen LogP) is 2.98. The lowest BCUT2D eigenvalue weighted by atomic mass is 10.1. The lowest BCUT2D eigenvalue weighted by molar-refractivity contribution is 0.0746. The second kappa shape index (κ2) is 6.63. The van der Waals surface area contributed by atoms with E-state index in [1.54, 1.807) is 0 Å². The Morgan fingerprint density at radius 2 is 1.77 bits per heavy atom. The lowest BCUT2D eigenvalue weighted by Gasteiger charge is -2.36. The Bertz CT molecular complexity index is 821. The molecule has 0 bridgehead atoms. The second-order valence-electron chi connectivity index (χ2n) is 7.34. The number of pyridine rings is 1. The van der Waals surface area contributed by atoms with E-state index < -0.39 is 0 Å². The number of benzene rings is 1. The Morgan fingerprint density at radius 3 is 2.46 bits per heavy atom. The van der Waals surface area contributed by atoms with Crippen molar-refractivity contribution in [2.24, 2.45) is 0 Å². The normalized spacial score (nSPS) is 19.3. The van der Waals surface area contributed by atoms with E-state index in [2.05, 4.69) is 28.9 Å². The molecule has 1 amide bonds. The maximum absolute atomic E-state index is 12.9. The van der Waals surface area contributed by atoms with E-state index in [1.807, 2.05) is 36.9 Å². The molecular formula is C21H25N3O2. The number of aromatic nitrogens is 1. The average molecular weight is 351 g/mol. The first-order valence-electron chi connectivity index (χ1n) is 9.29. The summed E-state index contributed by atoms with van der Waals surface area (Å²) < 4.78 is 5.73. The minimum Gasteiger partial charge on any atom is -0.490 e. The van der Waals surface area contributed by atoms with Crippen LogP contribution in [-0.4, -0.2) is 48.1 Å².